The van der Waals surface area contributed by atoms with Crippen LogP contribution in [0.4, 0.5) is 11.6 Å². The van der Waals surface area contributed by atoms with Crippen LogP contribution in [0.2, 0.25) is 5.02 Å². The maximum Gasteiger partial charge on any atom is 0.433 e. The van der Waals surface area contributed by atoms with Crippen molar-refractivity contribution in [1.82, 2.24) is 0 Å². The Labute approximate surface area is 156 Å². The van der Waals surface area contributed by atoms with Crippen molar-refractivity contribution in [3.8, 4) is 0 Å². The number of furan rings is 1. The second kappa shape index (κ2) is 7.22. The van der Waals surface area contributed by atoms with Gasteiger partial charge in [-0.15, -0.1) is 0 Å². The molecule has 0 unspecified atom stereocenters. The second-order valence-corrected chi connectivity index (χ2v) is 6.92. The molecule has 0 aliphatic carbocycles. The minimum absolute atomic E-state index is 0.257. The summed E-state index contributed by atoms with van der Waals surface area (Å²) < 4.78 is 5.41. The maximum absolute atomic E-state index is 12.5. The molecular formula is C16H9ClN2O4S2. The average Bonchev–Trinajstić information content (AvgIpc) is 3.13. The fourth-order valence-corrected chi connectivity index (χ4v) is 3.52. The second-order valence-electron chi connectivity index (χ2n) is 4.81. The molecule has 1 saturated heterocycles. The van der Waals surface area contributed by atoms with E-state index in [9.17, 15) is 14.9 Å². The lowest BCUT2D eigenvalue weighted by atomic mass is 10.3. The van der Waals surface area contributed by atoms with E-state index in [2.05, 4.69) is 0 Å². The highest BCUT2D eigenvalue weighted by molar-refractivity contribution is 8.27. The summed E-state index contributed by atoms with van der Waals surface area (Å²) in [5, 5.41) is 11.1. The van der Waals surface area contributed by atoms with E-state index in [-0.39, 0.29) is 11.8 Å². The largest absolute Gasteiger partial charge is 0.433 e. The Morgan fingerprint density at radius 1 is 1.32 bits per heavy atom. The highest BCUT2D eigenvalue weighted by Gasteiger charge is 2.32. The average molecular weight is 393 g/mol. The number of nitrogens with zero attached hydrogens (tertiary/aromatic N) is 2. The highest BCUT2D eigenvalue weighted by atomic mass is 35.5. The third-order valence-electron chi connectivity index (χ3n) is 3.16. The molecule has 9 heteroatoms. The molecule has 1 aromatic carbocycles. The van der Waals surface area contributed by atoms with E-state index in [4.69, 9.17) is 28.2 Å². The molecule has 0 saturated carbocycles. The number of carbonyl (C=O) groups is 1. The minimum atomic E-state index is -0.618. The summed E-state index contributed by atoms with van der Waals surface area (Å²) in [6.07, 6.45) is 4.68. The van der Waals surface area contributed by atoms with Crippen molar-refractivity contribution >= 4 is 63.5 Å². The molecule has 6 nitrogen and oxygen atoms in total. The zero-order chi connectivity index (χ0) is 18.0. The molecule has 0 N–H and O–H groups in total. The molecule has 1 amide bonds. The van der Waals surface area contributed by atoms with Crippen molar-refractivity contribution in [2.75, 3.05) is 4.90 Å². The zero-order valence-electron chi connectivity index (χ0n) is 12.4. The molecule has 1 aliphatic rings. The standard InChI is InChI=1S/C16H9ClN2O4S2/c17-10-3-1-4-11(9-10)18-15(20)13(25-16(18)24)6-2-5-12-7-8-14(23-12)19(21)22/h1-9H. The van der Waals surface area contributed by atoms with Crippen molar-refractivity contribution < 1.29 is 14.1 Å². The number of rotatable bonds is 4. The van der Waals surface area contributed by atoms with Crippen LogP contribution in [0.3, 0.4) is 0 Å². The van der Waals surface area contributed by atoms with E-state index in [0.717, 1.165) is 11.8 Å². The summed E-state index contributed by atoms with van der Waals surface area (Å²) in [4.78, 5) is 24.3. The van der Waals surface area contributed by atoms with E-state index >= 15 is 0 Å². The Hall–Kier alpha value is -2.42. The number of allylic oxidation sites excluding steroid dienone is 2. The first-order chi connectivity index (χ1) is 12.0. The number of nitro groups is 1. The molecule has 1 fully saturated rings. The number of thiocarbonyl (C=S) groups is 1. The van der Waals surface area contributed by atoms with Gasteiger partial charge >= 0.3 is 5.88 Å². The van der Waals surface area contributed by atoms with Crippen molar-refractivity contribution in [2.45, 2.75) is 0 Å². The predicted molar refractivity (Wildman–Crippen MR) is 102 cm³/mol. The fraction of sp³-hybridized carbons (Fsp3) is 0. The number of anilines is 1. The number of halogens is 1. The Morgan fingerprint density at radius 2 is 2.12 bits per heavy atom. The lowest BCUT2D eigenvalue weighted by Gasteiger charge is -2.14. The molecule has 0 bridgehead atoms. The zero-order valence-corrected chi connectivity index (χ0v) is 14.8. The van der Waals surface area contributed by atoms with Crippen LogP contribution in [0.15, 0.2) is 57.9 Å². The third kappa shape index (κ3) is 3.81. The Kier molecular flexibility index (Phi) is 5.03. The summed E-state index contributed by atoms with van der Waals surface area (Å²) in [6.45, 7) is 0. The van der Waals surface area contributed by atoms with Gasteiger partial charge in [0.1, 0.15) is 10.7 Å². The molecule has 3 rings (SSSR count). The Balaban J connectivity index is 1.78. The van der Waals surface area contributed by atoms with Crippen LogP contribution in [-0.4, -0.2) is 15.2 Å². The molecular weight excluding hydrogens is 384 g/mol. The molecule has 126 valence electrons. The quantitative estimate of drug-likeness (QED) is 0.322. The van der Waals surface area contributed by atoms with Gasteiger partial charge in [0.25, 0.3) is 5.91 Å². The number of hydrogen-bond acceptors (Lipinski definition) is 6. The molecule has 1 aromatic heterocycles. The number of thioether (sulfide) groups is 1. The van der Waals surface area contributed by atoms with Gasteiger partial charge in [-0.2, -0.15) is 0 Å². The van der Waals surface area contributed by atoms with Gasteiger partial charge in [0.05, 0.1) is 16.7 Å². The van der Waals surface area contributed by atoms with Crippen LogP contribution in [-0.2, 0) is 4.79 Å². The highest BCUT2D eigenvalue weighted by Crippen LogP contribution is 2.35. The van der Waals surface area contributed by atoms with Crippen LogP contribution in [0.5, 0.6) is 0 Å². The first-order valence-corrected chi connectivity index (χ1v) is 8.50. The number of carbonyl (C=O) groups excluding carboxylic acids is 1. The van der Waals surface area contributed by atoms with Gasteiger partial charge in [-0.3, -0.25) is 19.8 Å². The maximum atomic E-state index is 12.5. The first-order valence-electron chi connectivity index (χ1n) is 6.90. The molecule has 0 spiro atoms. The van der Waals surface area contributed by atoms with Crippen molar-refractivity contribution in [2.24, 2.45) is 0 Å². The molecule has 2 heterocycles. The SMILES string of the molecule is O=C1C(=CC=Cc2ccc([N+](=O)[O-])o2)SC(=S)N1c1cccc(Cl)c1. The summed E-state index contributed by atoms with van der Waals surface area (Å²) in [5.74, 6) is -0.285. The van der Waals surface area contributed by atoms with Gasteiger partial charge in [0.2, 0.25) is 0 Å². The van der Waals surface area contributed by atoms with Gasteiger partial charge in [0, 0.05) is 5.02 Å². The van der Waals surface area contributed by atoms with E-state index in [1.807, 2.05) is 0 Å². The molecule has 0 atom stereocenters. The molecule has 0 radical (unpaired) electrons. The van der Waals surface area contributed by atoms with Crippen LogP contribution in [0, 0.1) is 10.1 Å². The molecule has 2 aromatic rings. The van der Waals surface area contributed by atoms with Gasteiger partial charge in [-0.1, -0.05) is 47.7 Å². The van der Waals surface area contributed by atoms with Gasteiger partial charge in [0.15, 0.2) is 4.32 Å². The lowest BCUT2D eigenvalue weighted by molar-refractivity contribution is -0.402. The van der Waals surface area contributed by atoms with Gasteiger partial charge in [-0.05, 0) is 36.4 Å². The van der Waals surface area contributed by atoms with Gasteiger partial charge in [-0.25, -0.2) is 0 Å². The van der Waals surface area contributed by atoms with E-state index < -0.39 is 4.92 Å². The number of hydrogen-bond donors (Lipinski definition) is 0. The predicted octanol–water partition coefficient (Wildman–Crippen LogP) is 4.80. The number of benzene rings is 1. The summed E-state index contributed by atoms with van der Waals surface area (Å²) in [6, 6.07) is 9.59. The van der Waals surface area contributed by atoms with Crippen LogP contribution < -0.4 is 4.90 Å². The van der Waals surface area contributed by atoms with E-state index in [1.165, 1.54) is 23.1 Å². The lowest BCUT2D eigenvalue weighted by Crippen LogP contribution is -2.27. The topological polar surface area (TPSA) is 76.6 Å². The summed E-state index contributed by atoms with van der Waals surface area (Å²) >= 11 is 12.4. The fourth-order valence-electron chi connectivity index (χ4n) is 2.08. The Morgan fingerprint density at radius 3 is 2.80 bits per heavy atom. The van der Waals surface area contributed by atoms with Crippen molar-refractivity contribution in [3.05, 3.63) is 74.4 Å². The summed E-state index contributed by atoms with van der Waals surface area (Å²) in [7, 11) is 0. The first kappa shape index (κ1) is 17.4. The van der Waals surface area contributed by atoms with E-state index in [0.29, 0.717) is 25.7 Å². The Bertz CT molecular complexity index is 936. The van der Waals surface area contributed by atoms with Crippen LogP contribution in [0.25, 0.3) is 6.08 Å². The van der Waals surface area contributed by atoms with Crippen LogP contribution in [0.1, 0.15) is 5.76 Å². The summed E-state index contributed by atoms with van der Waals surface area (Å²) in [5.41, 5.74) is 0.601. The minimum Gasteiger partial charge on any atom is -0.401 e. The van der Waals surface area contributed by atoms with Crippen LogP contribution >= 0.6 is 35.6 Å². The smallest absolute Gasteiger partial charge is 0.401 e. The van der Waals surface area contributed by atoms with Crippen molar-refractivity contribution in [3.63, 3.8) is 0 Å². The molecule has 1 aliphatic heterocycles. The molecule has 25 heavy (non-hydrogen) atoms. The third-order valence-corrected chi connectivity index (χ3v) is 4.72. The normalized spacial score (nSPS) is 16.4. The van der Waals surface area contributed by atoms with E-state index in [1.54, 1.807) is 36.4 Å². The monoisotopic (exact) mass is 392 g/mol. The van der Waals surface area contributed by atoms with Gasteiger partial charge < -0.3 is 4.42 Å². The van der Waals surface area contributed by atoms with Crippen molar-refractivity contribution in [1.29, 1.82) is 0 Å². The number of amides is 1.